The lowest BCUT2D eigenvalue weighted by atomic mass is 10.1. The molecule has 0 atom stereocenters. The Morgan fingerprint density at radius 2 is 1.96 bits per heavy atom. The minimum Gasteiger partial charge on any atom is -0.302 e. The standard InChI is InChI=1S/C17H14N4O3S/c1-10-13(8-12-6-4-3-5-7-12)15(23)21(20-10)16(24)14-9-25-17(19-14)18-11(2)22/h3-9H,1-2H3,(H,18,19,22)/b13-8-. The monoisotopic (exact) mass is 354 g/mol. The van der Waals surface area contributed by atoms with Crippen molar-refractivity contribution in [3.8, 4) is 0 Å². The van der Waals surface area contributed by atoms with Crippen molar-refractivity contribution in [2.75, 3.05) is 5.32 Å². The first-order valence-electron chi connectivity index (χ1n) is 7.40. The van der Waals surface area contributed by atoms with E-state index in [2.05, 4.69) is 15.4 Å². The number of anilines is 1. The zero-order chi connectivity index (χ0) is 18.0. The second-order valence-electron chi connectivity index (χ2n) is 5.30. The van der Waals surface area contributed by atoms with E-state index >= 15 is 0 Å². The quantitative estimate of drug-likeness (QED) is 0.677. The van der Waals surface area contributed by atoms with Gasteiger partial charge in [0.15, 0.2) is 5.13 Å². The van der Waals surface area contributed by atoms with Gasteiger partial charge in [-0.05, 0) is 18.6 Å². The number of hydrogen-bond acceptors (Lipinski definition) is 6. The SMILES string of the molecule is CC(=O)Nc1nc(C(=O)N2N=C(C)/C(=C/c3ccccc3)C2=O)cs1. The van der Waals surface area contributed by atoms with E-state index in [9.17, 15) is 14.4 Å². The van der Waals surface area contributed by atoms with Crippen LogP contribution in [0.3, 0.4) is 0 Å². The molecule has 1 aromatic carbocycles. The van der Waals surface area contributed by atoms with Crippen LogP contribution in [0.4, 0.5) is 5.13 Å². The second-order valence-corrected chi connectivity index (χ2v) is 6.15. The molecule has 0 saturated heterocycles. The molecule has 0 aliphatic carbocycles. The highest BCUT2D eigenvalue weighted by Gasteiger charge is 2.34. The number of thiazole rings is 1. The molecule has 0 radical (unpaired) electrons. The number of benzene rings is 1. The average Bonchev–Trinajstić information content (AvgIpc) is 3.14. The van der Waals surface area contributed by atoms with E-state index in [1.165, 1.54) is 12.3 Å². The normalized spacial score (nSPS) is 15.4. The fourth-order valence-electron chi connectivity index (χ4n) is 2.23. The van der Waals surface area contributed by atoms with Gasteiger partial charge in [0.05, 0.1) is 11.3 Å². The van der Waals surface area contributed by atoms with Gasteiger partial charge in [0.2, 0.25) is 5.91 Å². The molecule has 1 aromatic heterocycles. The molecule has 1 aliphatic heterocycles. The van der Waals surface area contributed by atoms with Crippen LogP contribution < -0.4 is 5.32 Å². The van der Waals surface area contributed by atoms with Crippen LogP contribution in [0.15, 0.2) is 46.4 Å². The average molecular weight is 354 g/mol. The number of hydrazone groups is 1. The number of amides is 3. The first kappa shape index (κ1) is 16.7. The first-order chi connectivity index (χ1) is 12.0. The van der Waals surface area contributed by atoms with E-state index in [0.29, 0.717) is 16.4 Å². The Morgan fingerprint density at radius 3 is 2.64 bits per heavy atom. The Bertz CT molecular complexity index is 915. The van der Waals surface area contributed by atoms with E-state index in [4.69, 9.17) is 0 Å². The Balaban J connectivity index is 1.83. The molecule has 0 bridgehead atoms. The lowest BCUT2D eigenvalue weighted by molar-refractivity contribution is -0.123. The van der Waals surface area contributed by atoms with Crippen LogP contribution in [-0.4, -0.2) is 33.4 Å². The number of hydrogen-bond donors (Lipinski definition) is 1. The van der Waals surface area contributed by atoms with Crippen molar-refractivity contribution < 1.29 is 14.4 Å². The predicted octanol–water partition coefficient (Wildman–Crippen LogP) is 2.54. The largest absolute Gasteiger partial charge is 0.302 e. The summed E-state index contributed by atoms with van der Waals surface area (Å²) in [6.45, 7) is 3.02. The van der Waals surface area contributed by atoms with Crippen LogP contribution in [0.5, 0.6) is 0 Å². The van der Waals surface area contributed by atoms with Crippen molar-refractivity contribution in [3.05, 3.63) is 52.5 Å². The number of nitrogens with zero attached hydrogens (tertiary/aromatic N) is 3. The summed E-state index contributed by atoms with van der Waals surface area (Å²) in [6, 6.07) is 9.32. The highest BCUT2D eigenvalue weighted by molar-refractivity contribution is 7.14. The summed E-state index contributed by atoms with van der Waals surface area (Å²) >= 11 is 1.11. The van der Waals surface area contributed by atoms with Gasteiger partial charge in [-0.2, -0.15) is 10.1 Å². The highest BCUT2D eigenvalue weighted by atomic mass is 32.1. The highest BCUT2D eigenvalue weighted by Crippen LogP contribution is 2.22. The number of imide groups is 1. The molecule has 1 N–H and O–H groups in total. The van der Waals surface area contributed by atoms with Crippen LogP contribution >= 0.6 is 11.3 Å². The molecule has 25 heavy (non-hydrogen) atoms. The first-order valence-corrected chi connectivity index (χ1v) is 8.28. The molecule has 0 saturated carbocycles. The van der Waals surface area contributed by atoms with Gasteiger partial charge in [-0.1, -0.05) is 30.3 Å². The number of rotatable bonds is 3. The predicted molar refractivity (Wildman–Crippen MR) is 95.1 cm³/mol. The molecule has 3 rings (SSSR count). The lowest BCUT2D eigenvalue weighted by Crippen LogP contribution is -2.29. The van der Waals surface area contributed by atoms with Crippen molar-refractivity contribution in [2.24, 2.45) is 5.10 Å². The minimum atomic E-state index is -0.631. The molecule has 1 aliphatic rings. The van der Waals surface area contributed by atoms with Crippen LogP contribution in [0.1, 0.15) is 29.9 Å². The van der Waals surface area contributed by atoms with Crippen molar-refractivity contribution in [1.82, 2.24) is 9.99 Å². The molecule has 126 valence electrons. The second kappa shape index (κ2) is 6.78. The third-order valence-electron chi connectivity index (χ3n) is 3.37. The van der Waals surface area contributed by atoms with E-state index < -0.39 is 11.8 Å². The molecule has 7 nitrogen and oxygen atoms in total. The van der Waals surface area contributed by atoms with Crippen molar-refractivity contribution in [1.29, 1.82) is 0 Å². The van der Waals surface area contributed by atoms with Gasteiger partial charge >= 0.3 is 5.91 Å². The zero-order valence-corrected chi connectivity index (χ0v) is 14.3. The molecule has 0 fully saturated rings. The third kappa shape index (κ3) is 3.53. The zero-order valence-electron chi connectivity index (χ0n) is 13.5. The molecule has 2 heterocycles. The van der Waals surface area contributed by atoms with Crippen LogP contribution in [0.2, 0.25) is 0 Å². The van der Waals surface area contributed by atoms with Crippen molar-refractivity contribution >= 4 is 46.0 Å². The van der Waals surface area contributed by atoms with Crippen LogP contribution in [0, 0.1) is 0 Å². The maximum atomic E-state index is 12.5. The summed E-state index contributed by atoms with van der Waals surface area (Å²) in [5, 5.41) is 9.12. The van der Waals surface area contributed by atoms with Crippen LogP contribution in [-0.2, 0) is 9.59 Å². The molecule has 0 spiro atoms. The van der Waals surface area contributed by atoms with E-state index in [1.54, 1.807) is 13.0 Å². The molecule has 8 heteroatoms. The maximum absolute atomic E-state index is 12.5. The number of carbonyl (C=O) groups excluding carboxylic acids is 3. The number of nitrogens with one attached hydrogen (secondary N) is 1. The van der Waals surface area contributed by atoms with E-state index in [-0.39, 0.29) is 11.6 Å². The smallest absolute Gasteiger partial charge is 0.301 e. The molecule has 0 unspecified atom stereocenters. The summed E-state index contributed by atoms with van der Waals surface area (Å²) in [6.07, 6.45) is 1.69. The third-order valence-corrected chi connectivity index (χ3v) is 4.13. The molecular weight excluding hydrogens is 340 g/mol. The molecular formula is C17H14N4O3S. The molecule has 2 aromatic rings. The van der Waals surface area contributed by atoms with Gasteiger partial charge in [0, 0.05) is 12.3 Å². The lowest BCUT2D eigenvalue weighted by Gasteiger charge is -2.07. The Hall–Kier alpha value is -3.13. The summed E-state index contributed by atoms with van der Waals surface area (Å²) in [5.74, 6) is -1.42. The fourth-order valence-corrected chi connectivity index (χ4v) is 2.96. The minimum absolute atomic E-state index is 0.0552. The van der Waals surface area contributed by atoms with E-state index in [1.807, 2.05) is 30.3 Å². The number of carbonyl (C=O) groups is 3. The van der Waals surface area contributed by atoms with Gasteiger partial charge < -0.3 is 5.32 Å². The van der Waals surface area contributed by atoms with Gasteiger partial charge in [0.1, 0.15) is 5.69 Å². The Labute approximate surface area is 147 Å². The summed E-state index contributed by atoms with van der Waals surface area (Å²) in [4.78, 5) is 40.1. The van der Waals surface area contributed by atoms with Crippen molar-refractivity contribution in [3.63, 3.8) is 0 Å². The van der Waals surface area contributed by atoms with Gasteiger partial charge in [-0.25, -0.2) is 4.98 Å². The van der Waals surface area contributed by atoms with Gasteiger partial charge in [-0.3, -0.25) is 14.4 Å². The van der Waals surface area contributed by atoms with Gasteiger partial charge in [-0.15, -0.1) is 11.3 Å². The Morgan fingerprint density at radius 1 is 1.24 bits per heavy atom. The topological polar surface area (TPSA) is 91.7 Å². The number of aromatic nitrogens is 1. The molecule has 3 amide bonds. The van der Waals surface area contributed by atoms with Crippen molar-refractivity contribution in [2.45, 2.75) is 13.8 Å². The van der Waals surface area contributed by atoms with E-state index in [0.717, 1.165) is 21.9 Å². The van der Waals surface area contributed by atoms with Gasteiger partial charge in [0.25, 0.3) is 5.91 Å². The summed E-state index contributed by atoms with van der Waals surface area (Å²) < 4.78 is 0. The van der Waals surface area contributed by atoms with Crippen LogP contribution in [0.25, 0.3) is 6.08 Å². The summed E-state index contributed by atoms with van der Waals surface area (Å²) in [5.41, 5.74) is 1.72. The summed E-state index contributed by atoms with van der Waals surface area (Å²) in [7, 11) is 0. The maximum Gasteiger partial charge on any atom is 0.301 e. The Kier molecular flexibility index (Phi) is 4.53. The fraction of sp³-hybridized carbons (Fsp3) is 0.118.